The first-order chi connectivity index (χ1) is 10.8. The Hall–Kier alpha value is -1.27. The van der Waals surface area contributed by atoms with Crippen molar-refractivity contribution in [1.29, 1.82) is 0 Å². The molecule has 2 rings (SSSR count). The molecular weight excluding hydrogens is 338 g/mol. The summed E-state index contributed by atoms with van der Waals surface area (Å²) < 4.78 is 28.3. The van der Waals surface area contributed by atoms with Gasteiger partial charge in [0.2, 0.25) is 9.05 Å². The predicted octanol–water partition coefficient (Wildman–Crippen LogP) is 3.38. The van der Waals surface area contributed by atoms with Gasteiger partial charge in [-0.1, -0.05) is 43.7 Å². The second-order valence-electron chi connectivity index (χ2n) is 6.14. The summed E-state index contributed by atoms with van der Waals surface area (Å²) in [6.45, 7) is 3.09. The number of likely N-dealkylation sites (tertiary alicyclic amines) is 1. The highest BCUT2D eigenvalue weighted by Gasteiger charge is 2.42. The number of benzene rings is 1. The van der Waals surface area contributed by atoms with Gasteiger partial charge in [-0.3, -0.25) is 0 Å². The van der Waals surface area contributed by atoms with E-state index in [4.69, 9.17) is 15.4 Å². The van der Waals surface area contributed by atoms with Crippen LogP contribution >= 0.6 is 10.7 Å². The van der Waals surface area contributed by atoms with Crippen LogP contribution in [0.3, 0.4) is 0 Å². The summed E-state index contributed by atoms with van der Waals surface area (Å²) in [5.41, 5.74) is 0.462. The molecule has 1 amide bonds. The van der Waals surface area contributed by atoms with Gasteiger partial charge in [0.15, 0.2) is 0 Å². The van der Waals surface area contributed by atoms with Crippen molar-refractivity contribution in [2.75, 3.05) is 18.8 Å². The fourth-order valence-corrected chi connectivity index (χ4v) is 5.00. The van der Waals surface area contributed by atoms with E-state index < -0.39 is 20.6 Å². The number of carbonyl (C=O) groups excluding carboxylic acids is 1. The zero-order valence-corrected chi connectivity index (χ0v) is 14.8. The lowest BCUT2D eigenvalue weighted by atomic mass is 9.85. The minimum Gasteiger partial charge on any atom is -0.445 e. The first kappa shape index (κ1) is 18.1. The van der Waals surface area contributed by atoms with Crippen LogP contribution in [0.2, 0.25) is 0 Å². The highest BCUT2D eigenvalue weighted by molar-refractivity contribution is 8.13. The standard InChI is InChI=1S/C16H22ClNO4S/c1-2-8-16(13-23(17,20)21)9-10-18(12-16)15(19)22-11-14-6-4-3-5-7-14/h3-7H,2,8-13H2,1H3. The van der Waals surface area contributed by atoms with E-state index in [1.54, 1.807) is 4.90 Å². The van der Waals surface area contributed by atoms with Crippen molar-refractivity contribution in [3.8, 4) is 0 Å². The molecule has 23 heavy (non-hydrogen) atoms. The molecule has 128 valence electrons. The van der Waals surface area contributed by atoms with E-state index in [-0.39, 0.29) is 12.4 Å². The van der Waals surface area contributed by atoms with E-state index in [1.165, 1.54) is 0 Å². The maximum absolute atomic E-state index is 12.2. The van der Waals surface area contributed by atoms with Gasteiger partial charge in [0.25, 0.3) is 0 Å². The molecular formula is C16H22ClNO4S. The molecule has 1 aliphatic heterocycles. The largest absolute Gasteiger partial charge is 0.445 e. The van der Waals surface area contributed by atoms with E-state index in [0.717, 1.165) is 18.4 Å². The first-order valence-corrected chi connectivity index (χ1v) is 10.2. The number of nitrogens with zero attached hydrogens (tertiary/aromatic N) is 1. The van der Waals surface area contributed by atoms with Crippen molar-refractivity contribution >= 4 is 25.8 Å². The van der Waals surface area contributed by atoms with Gasteiger partial charge in [-0.05, 0) is 18.4 Å². The Morgan fingerprint density at radius 1 is 1.35 bits per heavy atom. The van der Waals surface area contributed by atoms with E-state index in [1.807, 2.05) is 37.3 Å². The highest BCUT2D eigenvalue weighted by Crippen LogP contribution is 2.37. The Balaban J connectivity index is 1.95. The lowest BCUT2D eigenvalue weighted by Crippen LogP contribution is -2.35. The minimum atomic E-state index is -3.60. The van der Waals surface area contributed by atoms with Gasteiger partial charge in [0.05, 0.1) is 5.75 Å². The average molecular weight is 360 g/mol. The van der Waals surface area contributed by atoms with Gasteiger partial charge >= 0.3 is 6.09 Å². The number of hydrogen-bond donors (Lipinski definition) is 0. The molecule has 0 spiro atoms. The molecule has 7 heteroatoms. The Morgan fingerprint density at radius 2 is 2.04 bits per heavy atom. The summed E-state index contributed by atoms with van der Waals surface area (Å²) >= 11 is 0. The molecule has 5 nitrogen and oxygen atoms in total. The van der Waals surface area contributed by atoms with Gasteiger partial charge in [0, 0.05) is 29.2 Å². The van der Waals surface area contributed by atoms with Crippen LogP contribution in [0.15, 0.2) is 30.3 Å². The number of rotatable bonds is 6. The molecule has 1 aliphatic rings. The molecule has 0 radical (unpaired) electrons. The van der Waals surface area contributed by atoms with Crippen molar-refractivity contribution in [2.24, 2.45) is 5.41 Å². The zero-order chi connectivity index (χ0) is 16.9. The molecule has 1 saturated heterocycles. The third kappa shape index (κ3) is 5.39. The summed E-state index contributed by atoms with van der Waals surface area (Å²) in [6, 6.07) is 9.45. The lowest BCUT2D eigenvalue weighted by Gasteiger charge is -2.27. The Kier molecular flexibility index (Phi) is 5.92. The van der Waals surface area contributed by atoms with Crippen LogP contribution in [0.1, 0.15) is 31.7 Å². The number of hydrogen-bond acceptors (Lipinski definition) is 4. The summed E-state index contributed by atoms with van der Waals surface area (Å²) in [5, 5.41) is 0. The van der Waals surface area contributed by atoms with Crippen molar-refractivity contribution < 1.29 is 17.9 Å². The van der Waals surface area contributed by atoms with Gasteiger partial charge in [-0.2, -0.15) is 0 Å². The highest BCUT2D eigenvalue weighted by atomic mass is 35.7. The van der Waals surface area contributed by atoms with Crippen molar-refractivity contribution in [2.45, 2.75) is 32.8 Å². The summed E-state index contributed by atoms with van der Waals surface area (Å²) in [6.07, 6.45) is 1.80. The molecule has 1 aromatic rings. The molecule has 0 aliphatic carbocycles. The summed E-state index contributed by atoms with van der Waals surface area (Å²) in [7, 11) is 1.85. The molecule has 1 heterocycles. The van der Waals surface area contributed by atoms with Crippen molar-refractivity contribution in [3.05, 3.63) is 35.9 Å². The van der Waals surface area contributed by atoms with Crippen LogP contribution in [0.25, 0.3) is 0 Å². The summed E-state index contributed by atoms with van der Waals surface area (Å²) in [5.74, 6) is -0.0993. The zero-order valence-electron chi connectivity index (χ0n) is 13.2. The van der Waals surface area contributed by atoms with E-state index in [0.29, 0.717) is 19.5 Å². The fourth-order valence-electron chi connectivity index (χ4n) is 3.19. The number of ether oxygens (including phenoxy) is 1. The van der Waals surface area contributed by atoms with Crippen LogP contribution in [0.4, 0.5) is 4.79 Å². The predicted molar refractivity (Wildman–Crippen MR) is 89.8 cm³/mol. The third-order valence-electron chi connectivity index (χ3n) is 4.16. The van der Waals surface area contributed by atoms with Crippen LogP contribution in [-0.2, 0) is 20.4 Å². The second kappa shape index (κ2) is 7.53. The van der Waals surface area contributed by atoms with Gasteiger partial charge < -0.3 is 9.64 Å². The van der Waals surface area contributed by atoms with E-state index >= 15 is 0 Å². The normalized spacial score (nSPS) is 21.4. The molecule has 0 N–H and O–H groups in total. The van der Waals surface area contributed by atoms with Crippen LogP contribution in [0.5, 0.6) is 0 Å². The molecule has 0 aromatic heterocycles. The number of amides is 1. The van der Waals surface area contributed by atoms with Gasteiger partial charge in [-0.15, -0.1) is 0 Å². The maximum Gasteiger partial charge on any atom is 0.410 e. The number of carbonyl (C=O) groups is 1. The second-order valence-corrected chi connectivity index (χ2v) is 8.92. The van der Waals surface area contributed by atoms with Crippen molar-refractivity contribution in [1.82, 2.24) is 4.90 Å². The van der Waals surface area contributed by atoms with E-state index in [9.17, 15) is 13.2 Å². The smallest absolute Gasteiger partial charge is 0.410 e. The SMILES string of the molecule is CCCC1(CS(=O)(=O)Cl)CCN(C(=O)OCc2ccccc2)C1. The van der Waals surface area contributed by atoms with Gasteiger partial charge in [0.1, 0.15) is 6.61 Å². The van der Waals surface area contributed by atoms with Crippen molar-refractivity contribution in [3.63, 3.8) is 0 Å². The molecule has 0 bridgehead atoms. The molecule has 1 unspecified atom stereocenters. The average Bonchev–Trinajstić information content (AvgIpc) is 2.88. The van der Waals surface area contributed by atoms with Crippen LogP contribution in [-0.4, -0.2) is 38.3 Å². The monoisotopic (exact) mass is 359 g/mol. The minimum absolute atomic E-state index is 0.0993. The molecule has 0 saturated carbocycles. The van der Waals surface area contributed by atoms with Gasteiger partial charge in [-0.25, -0.2) is 13.2 Å². The first-order valence-electron chi connectivity index (χ1n) is 7.71. The maximum atomic E-state index is 12.2. The van der Waals surface area contributed by atoms with E-state index in [2.05, 4.69) is 0 Å². The van der Waals surface area contributed by atoms with Crippen LogP contribution < -0.4 is 0 Å². The Labute approximate surface area is 142 Å². The lowest BCUT2D eigenvalue weighted by molar-refractivity contribution is 0.0999. The Morgan fingerprint density at radius 3 is 2.65 bits per heavy atom. The topological polar surface area (TPSA) is 63.7 Å². The fraction of sp³-hybridized carbons (Fsp3) is 0.562. The Bertz CT molecular complexity index is 635. The molecule has 1 aromatic carbocycles. The quantitative estimate of drug-likeness (QED) is 0.730. The summed E-state index contributed by atoms with van der Waals surface area (Å²) in [4.78, 5) is 13.8. The van der Waals surface area contributed by atoms with Crippen LogP contribution in [0, 0.1) is 5.41 Å². The molecule has 1 fully saturated rings. The third-order valence-corrected chi connectivity index (χ3v) is 5.45. The molecule has 1 atom stereocenters. The number of halogens is 1.